The lowest BCUT2D eigenvalue weighted by atomic mass is 9.87. The molecule has 0 fully saturated rings. The molecule has 0 bridgehead atoms. The minimum absolute atomic E-state index is 0.170. The van der Waals surface area contributed by atoms with E-state index in [9.17, 15) is 0 Å². The Bertz CT molecular complexity index is 610. The Balaban J connectivity index is 2.33. The van der Waals surface area contributed by atoms with Crippen LogP contribution in [0.15, 0.2) is 24.3 Å². The summed E-state index contributed by atoms with van der Waals surface area (Å²) < 4.78 is 0. The predicted octanol–water partition coefficient (Wildman–Crippen LogP) is 4.48. The summed E-state index contributed by atoms with van der Waals surface area (Å²) in [5.74, 6) is 0. The van der Waals surface area contributed by atoms with E-state index >= 15 is 0 Å². The molecule has 0 aliphatic heterocycles. The largest absolute Gasteiger partial charge is 0.241 e. The Morgan fingerprint density at radius 3 is 2.37 bits per heavy atom. The monoisotopic (exact) mass is 270 g/mol. The molecule has 0 aliphatic rings. The highest BCUT2D eigenvalue weighted by molar-refractivity contribution is 7.15. The van der Waals surface area contributed by atoms with Gasteiger partial charge in [-0.05, 0) is 17.9 Å². The lowest BCUT2D eigenvalue weighted by Gasteiger charge is -2.18. The molecular weight excluding hydrogens is 252 g/mol. The van der Waals surface area contributed by atoms with Crippen molar-refractivity contribution in [3.8, 4) is 16.6 Å². The SMILES string of the molecule is Cc1nc(-c2ccc(C(C)(C)C)cc2)sc1CC#N. The van der Waals surface area contributed by atoms with Gasteiger partial charge in [0, 0.05) is 10.4 Å². The maximum atomic E-state index is 8.78. The molecule has 2 rings (SSSR count). The van der Waals surface area contributed by atoms with Gasteiger partial charge in [0.2, 0.25) is 0 Å². The zero-order valence-electron chi connectivity index (χ0n) is 11.8. The first kappa shape index (κ1) is 13.8. The number of thiazole rings is 1. The van der Waals surface area contributed by atoms with Crippen molar-refractivity contribution in [2.45, 2.75) is 39.5 Å². The Morgan fingerprint density at radius 2 is 1.84 bits per heavy atom. The van der Waals surface area contributed by atoms with Gasteiger partial charge in [0.25, 0.3) is 0 Å². The molecule has 0 unspecified atom stereocenters. The fraction of sp³-hybridized carbons (Fsp3) is 0.375. The molecule has 0 amide bonds. The van der Waals surface area contributed by atoms with Gasteiger partial charge in [-0.3, -0.25) is 0 Å². The summed E-state index contributed by atoms with van der Waals surface area (Å²) in [5.41, 5.74) is 3.59. The van der Waals surface area contributed by atoms with Crippen molar-refractivity contribution in [1.82, 2.24) is 4.98 Å². The minimum atomic E-state index is 0.170. The lowest BCUT2D eigenvalue weighted by Crippen LogP contribution is -2.10. The molecule has 1 aromatic heterocycles. The van der Waals surface area contributed by atoms with E-state index in [1.807, 2.05) is 6.92 Å². The molecule has 0 saturated carbocycles. The second-order valence-corrected chi connectivity index (χ2v) is 6.77. The predicted molar refractivity (Wildman–Crippen MR) is 80.3 cm³/mol. The molecule has 0 spiro atoms. The zero-order chi connectivity index (χ0) is 14.0. The van der Waals surface area contributed by atoms with Gasteiger partial charge in [0.1, 0.15) is 5.01 Å². The number of nitrogens with zero attached hydrogens (tertiary/aromatic N) is 2. The number of hydrogen-bond donors (Lipinski definition) is 0. The molecule has 1 heterocycles. The second-order valence-electron chi connectivity index (χ2n) is 5.69. The van der Waals surface area contributed by atoms with Gasteiger partial charge in [-0.15, -0.1) is 11.3 Å². The Morgan fingerprint density at radius 1 is 1.21 bits per heavy atom. The van der Waals surface area contributed by atoms with Gasteiger partial charge < -0.3 is 0 Å². The Hall–Kier alpha value is -1.66. The van der Waals surface area contributed by atoms with E-state index in [0.29, 0.717) is 6.42 Å². The van der Waals surface area contributed by atoms with E-state index in [4.69, 9.17) is 5.26 Å². The molecule has 0 N–H and O–H groups in total. The number of aryl methyl sites for hydroxylation is 1. The van der Waals surface area contributed by atoms with Crippen LogP contribution in [0.5, 0.6) is 0 Å². The van der Waals surface area contributed by atoms with Crippen LogP contribution < -0.4 is 0 Å². The maximum Gasteiger partial charge on any atom is 0.123 e. The quantitative estimate of drug-likeness (QED) is 0.806. The number of rotatable bonds is 2. The zero-order valence-corrected chi connectivity index (χ0v) is 12.6. The first-order valence-electron chi connectivity index (χ1n) is 6.36. The molecule has 0 atom stereocenters. The summed E-state index contributed by atoms with van der Waals surface area (Å²) >= 11 is 1.62. The Kier molecular flexibility index (Phi) is 3.73. The third-order valence-corrected chi connectivity index (χ3v) is 4.34. The van der Waals surface area contributed by atoms with Crippen molar-refractivity contribution >= 4 is 11.3 Å². The molecule has 19 heavy (non-hydrogen) atoms. The first-order chi connectivity index (χ1) is 8.91. The van der Waals surface area contributed by atoms with Gasteiger partial charge >= 0.3 is 0 Å². The topological polar surface area (TPSA) is 36.7 Å². The smallest absolute Gasteiger partial charge is 0.123 e. The Labute approximate surface area is 118 Å². The summed E-state index contributed by atoms with van der Waals surface area (Å²) in [7, 11) is 0. The molecular formula is C16H18N2S. The highest BCUT2D eigenvalue weighted by Crippen LogP contribution is 2.30. The van der Waals surface area contributed by atoms with Crippen LogP contribution in [0.4, 0.5) is 0 Å². The van der Waals surface area contributed by atoms with E-state index in [-0.39, 0.29) is 5.41 Å². The number of benzene rings is 1. The van der Waals surface area contributed by atoms with E-state index in [1.54, 1.807) is 11.3 Å². The van der Waals surface area contributed by atoms with Gasteiger partial charge in [-0.25, -0.2) is 4.98 Å². The van der Waals surface area contributed by atoms with Crippen LogP contribution in [0.2, 0.25) is 0 Å². The minimum Gasteiger partial charge on any atom is -0.241 e. The lowest BCUT2D eigenvalue weighted by molar-refractivity contribution is 0.590. The standard InChI is InChI=1S/C16H18N2S/c1-11-14(9-10-17)19-15(18-11)12-5-7-13(8-6-12)16(2,3)4/h5-8H,9H2,1-4H3. The summed E-state index contributed by atoms with van der Waals surface area (Å²) in [6.45, 7) is 8.60. The summed E-state index contributed by atoms with van der Waals surface area (Å²) in [5, 5.41) is 9.78. The molecule has 3 heteroatoms. The number of nitriles is 1. The van der Waals surface area contributed by atoms with Crippen molar-refractivity contribution in [1.29, 1.82) is 5.26 Å². The normalized spacial score (nSPS) is 11.3. The maximum absolute atomic E-state index is 8.78. The van der Waals surface area contributed by atoms with Crippen LogP contribution >= 0.6 is 11.3 Å². The molecule has 0 radical (unpaired) electrons. The third kappa shape index (κ3) is 3.02. The summed E-state index contributed by atoms with van der Waals surface area (Å²) in [6.07, 6.45) is 0.448. The van der Waals surface area contributed by atoms with Crippen molar-refractivity contribution in [3.63, 3.8) is 0 Å². The van der Waals surface area contributed by atoms with Crippen LogP contribution in [0.25, 0.3) is 10.6 Å². The highest BCUT2D eigenvalue weighted by atomic mass is 32.1. The van der Waals surface area contributed by atoms with Crippen molar-refractivity contribution in [2.75, 3.05) is 0 Å². The van der Waals surface area contributed by atoms with Crippen LogP contribution in [-0.2, 0) is 11.8 Å². The van der Waals surface area contributed by atoms with Gasteiger partial charge in [0.15, 0.2) is 0 Å². The molecule has 2 aromatic rings. The highest BCUT2D eigenvalue weighted by Gasteiger charge is 2.14. The van der Waals surface area contributed by atoms with E-state index in [2.05, 4.69) is 56.1 Å². The van der Waals surface area contributed by atoms with E-state index in [1.165, 1.54) is 5.56 Å². The van der Waals surface area contributed by atoms with Crippen LogP contribution in [0.1, 0.15) is 36.9 Å². The molecule has 98 valence electrons. The van der Waals surface area contributed by atoms with E-state index < -0.39 is 0 Å². The van der Waals surface area contributed by atoms with Gasteiger partial charge in [-0.1, -0.05) is 45.0 Å². The molecule has 2 nitrogen and oxygen atoms in total. The third-order valence-electron chi connectivity index (χ3n) is 3.13. The number of aromatic nitrogens is 1. The van der Waals surface area contributed by atoms with Crippen molar-refractivity contribution in [3.05, 3.63) is 40.4 Å². The van der Waals surface area contributed by atoms with Gasteiger partial charge in [0.05, 0.1) is 18.2 Å². The second kappa shape index (κ2) is 5.14. The van der Waals surface area contributed by atoms with Crippen LogP contribution in [0, 0.1) is 18.3 Å². The summed E-state index contributed by atoms with van der Waals surface area (Å²) in [6, 6.07) is 10.8. The van der Waals surface area contributed by atoms with E-state index in [0.717, 1.165) is 21.1 Å². The fourth-order valence-corrected chi connectivity index (χ4v) is 2.90. The van der Waals surface area contributed by atoms with Gasteiger partial charge in [-0.2, -0.15) is 5.26 Å². The van der Waals surface area contributed by atoms with Crippen LogP contribution in [-0.4, -0.2) is 4.98 Å². The van der Waals surface area contributed by atoms with Crippen molar-refractivity contribution in [2.24, 2.45) is 0 Å². The fourth-order valence-electron chi connectivity index (χ4n) is 1.90. The molecule has 1 aromatic carbocycles. The van der Waals surface area contributed by atoms with Crippen LogP contribution in [0.3, 0.4) is 0 Å². The average molecular weight is 270 g/mol. The molecule has 0 saturated heterocycles. The molecule has 0 aliphatic carbocycles. The summed E-state index contributed by atoms with van der Waals surface area (Å²) in [4.78, 5) is 5.63. The number of hydrogen-bond acceptors (Lipinski definition) is 3. The first-order valence-corrected chi connectivity index (χ1v) is 7.17. The average Bonchev–Trinajstić information content (AvgIpc) is 2.71. The van der Waals surface area contributed by atoms with Crippen molar-refractivity contribution < 1.29 is 0 Å².